The van der Waals surface area contributed by atoms with Gasteiger partial charge in [-0.1, -0.05) is 36.4 Å². The molecule has 0 spiro atoms. The molecular formula is C13H13O3P. The summed E-state index contributed by atoms with van der Waals surface area (Å²) in [6, 6.07) is 15.1. The molecule has 17 heavy (non-hydrogen) atoms. The summed E-state index contributed by atoms with van der Waals surface area (Å²) in [7, 11) is -3.61. The van der Waals surface area contributed by atoms with E-state index < -0.39 is 7.37 Å². The van der Waals surface area contributed by atoms with Gasteiger partial charge in [0.05, 0.1) is 6.61 Å². The van der Waals surface area contributed by atoms with Crippen LogP contribution in [-0.4, -0.2) is 10.00 Å². The van der Waals surface area contributed by atoms with E-state index in [0.717, 1.165) is 0 Å². The number of benzene rings is 2. The summed E-state index contributed by atoms with van der Waals surface area (Å²) >= 11 is 0. The van der Waals surface area contributed by atoms with E-state index in [1.165, 1.54) is 0 Å². The Kier molecular flexibility index (Phi) is 3.43. The SMILES string of the molecule is O=P(O)(c1ccccc1)c1ccccc1CO. The molecule has 0 aliphatic carbocycles. The average molecular weight is 248 g/mol. The van der Waals surface area contributed by atoms with Gasteiger partial charge in [-0.05, 0) is 23.8 Å². The lowest BCUT2D eigenvalue weighted by Crippen LogP contribution is -2.19. The van der Waals surface area contributed by atoms with Gasteiger partial charge in [-0.15, -0.1) is 0 Å². The number of hydrogen-bond acceptors (Lipinski definition) is 2. The highest BCUT2D eigenvalue weighted by Crippen LogP contribution is 2.39. The third kappa shape index (κ3) is 2.32. The Morgan fingerprint density at radius 3 is 2.18 bits per heavy atom. The Morgan fingerprint density at radius 1 is 0.941 bits per heavy atom. The van der Waals surface area contributed by atoms with Gasteiger partial charge >= 0.3 is 0 Å². The maximum atomic E-state index is 12.4. The average Bonchev–Trinajstić information content (AvgIpc) is 2.39. The van der Waals surface area contributed by atoms with Crippen LogP contribution in [-0.2, 0) is 11.2 Å². The summed E-state index contributed by atoms with van der Waals surface area (Å²) in [5, 5.41) is 9.87. The van der Waals surface area contributed by atoms with E-state index >= 15 is 0 Å². The summed E-state index contributed by atoms with van der Waals surface area (Å²) in [5.74, 6) is 0. The molecule has 0 aliphatic rings. The molecule has 3 nitrogen and oxygen atoms in total. The molecule has 0 bridgehead atoms. The number of aliphatic hydroxyl groups excluding tert-OH is 1. The number of hydrogen-bond donors (Lipinski definition) is 2. The second-order valence-corrected chi connectivity index (χ2v) is 5.85. The van der Waals surface area contributed by atoms with E-state index in [1.807, 2.05) is 0 Å². The zero-order chi connectivity index (χ0) is 12.3. The van der Waals surface area contributed by atoms with Gasteiger partial charge in [0.2, 0.25) is 0 Å². The summed E-state index contributed by atoms with van der Waals surface area (Å²) in [6.07, 6.45) is 0. The third-order valence-corrected chi connectivity index (χ3v) is 4.68. The molecule has 0 fully saturated rings. The van der Waals surface area contributed by atoms with Gasteiger partial charge in [0.15, 0.2) is 0 Å². The van der Waals surface area contributed by atoms with Crippen LogP contribution in [0.2, 0.25) is 0 Å². The van der Waals surface area contributed by atoms with Gasteiger partial charge in [0, 0.05) is 10.6 Å². The van der Waals surface area contributed by atoms with Gasteiger partial charge in [-0.2, -0.15) is 0 Å². The zero-order valence-electron chi connectivity index (χ0n) is 9.15. The van der Waals surface area contributed by atoms with Crippen LogP contribution in [0.1, 0.15) is 5.56 Å². The molecule has 2 N–H and O–H groups in total. The van der Waals surface area contributed by atoms with Crippen molar-refractivity contribution in [2.24, 2.45) is 0 Å². The molecule has 1 atom stereocenters. The van der Waals surface area contributed by atoms with Crippen molar-refractivity contribution in [3.63, 3.8) is 0 Å². The molecule has 0 aliphatic heterocycles. The van der Waals surface area contributed by atoms with E-state index in [1.54, 1.807) is 54.6 Å². The molecule has 0 amide bonds. The fraction of sp³-hybridized carbons (Fsp3) is 0.0769. The molecule has 4 heteroatoms. The minimum Gasteiger partial charge on any atom is -0.392 e. The van der Waals surface area contributed by atoms with Crippen LogP contribution in [0.25, 0.3) is 0 Å². The van der Waals surface area contributed by atoms with E-state index in [-0.39, 0.29) is 6.61 Å². The Labute approximate surface area is 99.8 Å². The van der Waals surface area contributed by atoms with Crippen LogP contribution in [0.4, 0.5) is 0 Å². The Bertz CT molecular complexity index is 552. The maximum Gasteiger partial charge on any atom is 0.259 e. The van der Waals surface area contributed by atoms with Crippen molar-refractivity contribution in [2.45, 2.75) is 6.61 Å². The molecule has 2 aromatic carbocycles. The summed E-state index contributed by atoms with van der Waals surface area (Å²) in [6.45, 7) is -0.243. The summed E-state index contributed by atoms with van der Waals surface area (Å²) in [5.41, 5.74) is 0.488. The predicted molar refractivity (Wildman–Crippen MR) is 67.9 cm³/mol. The molecule has 0 radical (unpaired) electrons. The first-order valence-electron chi connectivity index (χ1n) is 5.24. The second-order valence-electron chi connectivity index (χ2n) is 3.70. The maximum absolute atomic E-state index is 12.4. The third-order valence-electron chi connectivity index (χ3n) is 2.59. The molecule has 0 saturated heterocycles. The Hall–Kier alpha value is -1.41. The largest absolute Gasteiger partial charge is 0.392 e. The topological polar surface area (TPSA) is 57.5 Å². The van der Waals surface area contributed by atoms with Crippen LogP contribution >= 0.6 is 7.37 Å². The normalized spacial score (nSPS) is 14.2. The van der Waals surface area contributed by atoms with Crippen molar-refractivity contribution in [3.05, 3.63) is 60.2 Å². The highest BCUT2D eigenvalue weighted by molar-refractivity contribution is 7.73. The fourth-order valence-corrected chi connectivity index (χ4v) is 3.39. The first-order valence-corrected chi connectivity index (χ1v) is 6.90. The molecule has 0 heterocycles. The van der Waals surface area contributed by atoms with Crippen molar-refractivity contribution < 1.29 is 14.6 Å². The quantitative estimate of drug-likeness (QED) is 0.807. The number of aliphatic hydroxyl groups is 1. The molecule has 1 unspecified atom stereocenters. The van der Waals surface area contributed by atoms with Gasteiger partial charge < -0.3 is 10.00 Å². The second kappa shape index (κ2) is 4.84. The molecule has 2 rings (SSSR count). The minimum absolute atomic E-state index is 0.243. The molecule has 88 valence electrons. The molecular weight excluding hydrogens is 235 g/mol. The van der Waals surface area contributed by atoms with Crippen LogP contribution < -0.4 is 10.6 Å². The van der Waals surface area contributed by atoms with Crippen LogP contribution in [0.3, 0.4) is 0 Å². The number of rotatable bonds is 3. The zero-order valence-corrected chi connectivity index (χ0v) is 10.0. The summed E-state index contributed by atoms with van der Waals surface area (Å²) in [4.78, 5) is 10.2. The van der Waals surface area contributed by atoms with Gasteiger partial charge in [-0.25, -0.2) is 0 Å². The van der Waals surface area contributed by atoms with Crippen molar-refractivity contribution in [3.8, 4) is 0 Å². The smallest absolute Gasteiger partial charge is 0.259 e. The Morgan fingerprint density at radius 2 is 1.53 bits per heavy atom. The van der Waals surface area contributed by atoms with Crippen molar-refractivity contribution in [1.82, 2.24) is 0 Å². The van der Waals surface area contributed by atoms with Crippen molar-refractivity contribution in [2.75, 3.05) is 0 Å². The fourth-order valence-electron chi connectivity index (χ4n) is 1.71. The van der Waals surface area contributed by atoms with Gasteiger partial charge in [-0.3, -0.25) is 4.57 Å². The molecule has 0 aromatic heterocycles. The molecule has 2 aromatic rings. The lowest BCUT2D eigenvalue weighted by molar-refractivity contribution is 0.282. The van der Waals surface area contributed by atoms with Crippen LogP contribution in [0.15, 0.2) is 54.6 Å². The van der Waals surface area contributed by atoms with E-state index in [9.17, 15) is 14.6 Å². The van der Waals surface area contributed by atoms with Gasteiger partial charge in [0.1, 0.15) is 0 Å². The first-order chi connectivity index (χ1) is 8.16. The summed E-state index contributed by atoms with van der Waals surface area (Å²) < 4.78 is 12.4. The first kappa shape index (κ1) is 12.1. The highest BCUT2D eigenvalue weighted by Gasteiger charge is 2.26. The molecule has 0 saturated carbocycles. The monoisotopic (exact) mass is 248 g/mol. The standard InChI is InChI=1S/C13H13O3P/c14-10-11-6-4-5-9-13(11)17(15,16)12-7-2-1-3-8-12/h1-9,14H,10H2,(H,15,16). The van der Waals surface area contributed by atoms with Gasteiger partial charge in [0.25, 0.3) is 7.37 Å². The van der Waals surface area contributed by atoms with Crippen molar-refractivity contribution in [1.29, 1.82) is 0 Å². The predicted octanol–water partition coefficient (Wildman–Crippen LogP) is 1.40. The van der Waals surface area contributed by atoms with Crippen molar-refractivity contribution >= 4 is 18.0 Å². The lowest BCUT2D eigenvalue weighted by Gasteiger charge is -2.15. The van der Waals surface area contributed by atoms with E-state index in [0.29, 0.717) is 16.2 Å². The van der Waals surface area contributed by atoms with E-state index in [2.05, 4.69) is 0 Å². The highest BCUT2D eigenvalue weighted by atomic mass is 31.2. The van der Waals surface area contributed by atoms with Crippen LogP contribution in [0.5, 0.6) is 0 Å². The lowest BCUT2D eigenvalue weighted by atomic mass is 10.2. The van der Waals surface area contributed by atoms with Crippen LogP contribution in [0, 0.1) is 0 Å². The Balaban J connectivity index is 2.56. The minimum atomic E-state index is -3.61. The van der Waals surface area contributed by atoms with E-state index in [4.69, 9.17) is 0 Å².